The number of aryl methyl sites for hydroxylation is 1. The van der Waals surface area contributed by atoms with E-state index in [0.29, 0.717) is 16.3 Å². The Morgan fingerprint density at radius 3 is 2.74 bits per heavy atom. The van der Waals surface area contributed by atoms with Crippen LogP contribution in [0.5, 0.6) is 0 Å². The Kier molecular flexibility index (Phi) is 4.14. The molecule has 0 aliphatic rings. The smallest absolute Gasteiger partial charge is 0.129 e. The first-order chi connectivity index (χ1) is 9.02. The Morgan fingerprint density at radius 1 is 1.47 bits per heavy atom. The maximum atomic E-state index is 13.6. The molecule has 0 bridgehead atoms. The molecule has 0 fully saturated rings. The van der Waals surface area contributed by atoms with Crippen molar-refractivity contribution in [1.82, 2.24) is 15.2 Å². The van der Waals surface area contributed by atoms with Gasteiger partial charge in [-0.15, -0.1) is 0 Å². The molecule has 0 aliphatic carbocycles. The highest BCUT2D eigenvalue weighted by Crippen LogP contribution is 2.25. The topological polar surface area (TPSA) is 55.9 Å². The van der Waals surface area contributed by atoms with E-state index < -0.39 is 17.7 Å². The first-order valence-corrected chi connectivity index (χ1v) is 5.98. The van der Waals surface area contributed by atoms with Crippen LogP contribution in [0.2, 0.25) is 5.02 Å². The molecule has 19 heavy (non-hydrogen) atoms. The molecular weight excluding hydrogens is 274 g/mol. The summed E-state index contributed by atoms with van der Waals surface area (Å²) < 4.78 is 28.0. The average molecular weight is 287 g/mol. The second-order valence-electron chi connectivity index (χ2n) is 4.16. The van der Waals surface area contributed by atoms with Crippen molar-refractivity contribution in [3.05, 3.63) is 52.3 Å². The zero-order valence-electron chi connectivity index (χ0n) is 10.2. The number of aromatic nitrogens is 2. The van der Waals surface area contributed by atoms with Crippen LogP contribution in [0, 0.1) is 11.6 Å². The Bertz CT molecular complexity index is 566. The molecule has 0 saturated heterocycles. The summed E-state index contributed by atoms with van der Waals surface area (Å²) in [6.45, 7) is 0. The number of nitrogens with two attached hydrogens (primary N) is 1. The zero-order chi connectivity index (χ0) is 14.0. The first kappa shape index (κ1) is 13.9. The van der Waals surface area contributed by atoms with Gasteiger partial charge in [0.05, 0.1) is 23.0 Å². The molecule has 0 radical (unpaired) electrons. The molecule has 4 nitrogen and oxygen atoms in total. The highest BCUT2D eigenvalue weighted by Gasteiger charge is 2.20. The van der Waals surface area contributed by atoms with E-state index in [1.165, 1.54) is 18.3 Å². The van der Waals surface area contributed by atoms with Gasteiger partial charge in [0.2, 0.25) is 0 Å². The molecule has 1 heterocycles. The van der Waals surface area contributed by atoms with Crippen molar-refractivity contribution in [2.45, 2.75) is 12.5 Å². The monoisotopic (exact) mass is 286 g/mol. The minimum absolute atomic E-state index is 0.238. The third-order valence-electron chi connectivity index (χ3n) is 2.91. The Hall–Kier alpha value is -1.50. The van der Waals surface area contributed by atoms with E-state index in [1.807, 2.05) is 0 Å². The fourth-order valence-corrected chi connectivity index (χ4v) is 2.25. The molecule has 1 atom stereocenters. The van der Waals surface area contributed by atoms with E-state index in [0.717, 1.165) is 6.07 Å². The number of benzene rings is 1. The first-order valence-electron chi connectivity index (χ1n) is 5.60. The summed E-state index contributed by atoms with van der Waals surface area (Å²) in [5, 5.41) is 4.44. The van der Waals surface area contributed by atoms with Crippen LogP contribution < -0.4 is 11.3 Å². The van der Waals surface area contributed by atoms with Gasteiger partial charge in [0.25, 0.3) is 0 Å². The number of hydrazine groups is 1. The van der Waals surface area contributed by atoms with Crippen LogP contribution in [-0.4, -0.2) is 9.78 Å². The van der Waals surface area contributed by atoms with Crippen molar-refractivity contribution in [3.63, 3.8) is 0 Å². The molecule has 1 aromatic heterocycles. The highest BCUT2D eigenvalue weighted by atomic mass is 35.5. The van der Waals surface area contributed by atoms with Gasteiger partial charge < -0.3 is 0 Å². The summed E-state index contributed by atoms with van der Waals surface area (Å²) in [7, 11) is 1.71. The quantitative estimate of drug-likeness (QED) is 0.668. The van der Waals surface area contributed by atoms with Crippen molar-refractivity contribution in [2.24, 2.45) is 12.9 Å². The van der Waals surface area contributed by atoms with Crippen LogP contribution in [0.4, 0.5) is 8.78 Å². The Morgan fingerprint density at radius 2 is 2.21 bits per heavy atom. The predicted molar refractivity (Wildman–Crippen MR) is 68.3 cm³/mol. The summed E-state index contributed by atoms with van der Waals surface area (Å²) in [5.41, 5.74) is 3.57. The fourth-order valence-electron chi connectivity index (χ4n) is 1.95. The molecule has 1 aromatic carbocycles. The van der Waals surface area contributed by atoms with Crippen LogP contribution in [-0.2, 0) is 13.5 Å². The summed E-state index contributed by atoms with van der Waals surface area (Å²) in [5.74, 6) is 4.26. The van der Waals surface area contributed by atoms with E-state index in [9.17, 15) is 8.78 Å². The molecular formula is C12H13ClF2N4. The predicted octanol–water partition coefficient (Wildman–Crippen LogP) is 2.10. The lowest BCUT2D eigenvalue weighted by Crippen LogP contribution is -2.31. The lowest BCUT2D eigenvalue weighted by Gasteiger charge is -2.17. The zero-order valence-corrected chi connectivity index (χ0v) is 11.0. The van der Waals surface area contributed by atoms with Crippen molar-refractivity contribution < 1.29 is 8.78 Å². The fraction of sp³-hybridized carbons (Fsp3) is 0.250. The van der Waals surface area contributed by atoms with Crippen LogP contribution in [0.1, 0.15) is 17.3 Å². The van der Waals surface area contributed by atoms with E-state index in [4.69, 9.17) is 17.4 Å². The highest BCUT2D eigenvalue weighted by molar-refractivity contribution is 6.31. The van der Waals surface area contributed by atoms with Gasteiger partial charge in [-0.05, 0) is 18.1 Å². The third-order valence-corrected chi connectivity index (χ3v) is 3.20. The Labute approximate surface area is 114 Å². The van der Waals surface area contributed by atoms with Crippen molar-refractivity contribution in [2.75, 3.05) is 0 Å². The molecule has 7 heteroatoms. The van der Waals surface area contributed by atoms with Gasteiger partial charge in [-0.1, -0.05) is 17.7 Å². The normalized spacial score (nSPS) is 12.7. The molecule has 0 amide bonds. The summed E-state index contributed by atoms with van der Waals surface area (Å²) in [4.78, 5) is 0. The van der Waals surface area contributed by atoms with Crippen molar-refractivity contribution in [1.29, 1.82) is 0 Å². The van der Waals surface area contributed by atoms with Gasteiger partial charge in [-0.25, -0.2) is 8.78 Å². The molecule has 1 unspecified atom stereocenters. The van der Waals surface area contributed by atoms with Gasteiger partial charge in [0, 0.05) is 13.1 Å². The van der Waals surface area contributed by atoms with Gasteiger partial charge in [0.15, 0.2) is 0 Å². The summed E-state index contributed by atoms with van der Waals surface area (Å²) in [6.07, 6.45) is 1.73. The van der Waals surface area contributed by atoms with Crippen LogP contribution in [0.3, 0.4) is 0 Å². The number of rotatable bonds is 4. The van der Waals surface area contributed by atoms with Crippen molar-refractivity contribution >= 4 is 11.6 Å². The largest absolute Gasteiger partial charge is 0.271 e. The minimum Gasteiger partial charge on any atom is -0.271 e. The minimum atomic E-state index is -0.614. The van der Waals surface area contributed by atoms with E-state index in [1.54, 1.807) is 11.7 Å². The number of hydrogen-bond acceptors (Lipinski definition) is 3. The lowest BCUT2D eigenvalue weighted by molar-refractivity contribution is 0.492. The number of nitrogens with zero attached hydrogens (tertiary/aromatic N) is 2. The average Bonchev–Trinajstić information content (AvgIpc) is 2.69. The standard InChI is InChI=1S/C12H13ClF2N4/c1-19-12(9(13)6-17-19)11(18-16)4-7-2-3-8(14)5-10(7)15/h2-3,5-6,11,18H,4,16H2,1H3. The molecule has 0 spiro atoms. The number of halogens is 3. The van der Waals surface area contributed by atoms with Gasteiger partial charge in [-0.2, -0.15) is 5.10 Å². The lowest BCUT2D eigenvalue weighted by atomic mass is 10.0. The number of hydrogen-bond donors (Lipinski definition) is 2. The molecule has 2 aromatic rings. The Balaban J connectivity index is 2.29. The van der Waals surface area contributed by atoms with Gasteiger partial charge >= 0.3 is 0 Å². The van der Waals surface area contributed by atoms with Crippen LogP contribution in [0.25, 0.3) is 0 Å². The van der Waals surface area contributed by atoms with E-state index in [2.05, 4.69) is 10.5 Å². The maximum absolute atomic E-state index is 13.6. The SMILES string of the molecule is Cn1ncc(Cl)c1C(Cc1ccc(F)cc1F)NN. The molecule has 102 valence electrons. The number of nitrogens with one attached hydrogen (secondary N) is 1. The molecule has 0 saturated carbocycles. The molecule has 0 aliphatic heterocycles. The van der Waals surface area contributed by atoms with Crippen LogP contribution in [0.15, 0.2) is 24.4 Å². The second-order valence-corrected chi connectivity index (χ2v) is 4.57. The second kappa shape index (κ2) is 5.64. The van der Waals surface area contributed by atoms with E-state index in [-0.39, 0.29) is 6.42 Å². The molecule has 2 rings (SSSR count). The molecule has 3 N–H and O–H groups in total. The van der Waals surface area contributed by atoms with Crippen molar-refractivity contribution in [3.8, 4) is 0 Å². The van der Waals surface area contributed by atoms with Gasteiger partial charge in [0.1, 0.15) is 11.6 Å². The maximum Gasteiger partial charge on any atom is 0.129 e. The third kappa shape index (κ3) is 2.91. The van der Waals surface area contributed by atoms with Gasteiger partial charge in [-0.3, -0.25) is 16.0 Å². The van der Waals surface area contributed by atoms with Crippen LogP contribution >= 0.6 is 11.6 Å². The summed E-state index contributed by atoms with van der Waals surface area (Å²) >= 11 is 6.02. The van der Waals surface area contributed by atoms with E-state index >= 15 is 0 Å². The summed E-state index contributed by atoms with van der Waals surface area (Å²) in [6, 6.07) is 3.02.